The van der Waals surface area contributed by atoms with Gasteiger partial charge in [-0.25, -0.2) is 14.8 Å². The van der Waals surface area contributed by atoms with E-state index in [4.69, 9.17) is 0 Å². The normalized spacial score (nSPS) is 17.4. The molecule has 0 aliphatic carbocycles. The van der Waals surface area contributed by atoms with E-state index < -0.39 is 0 Å². The number of fused-ring (bicyclic) bond motifs is 1. The van der Waals surface area contributed by atoms with Crippen molar-refractivity contribution in [2.45, 2.75) is 32.7 Å². The summed E-state index contributed by atoms with van der Waals surface area (Å²) in [7, 11) is 0. The monoisotopic (exact) mass is 302 g/mol. The maximum absolute atomic E-state index is 12.5. The fourth-order valence-corrected chi connectivity index (χ4v) is 3.66. The second kappa shape index (κ2) is 5.81. The van der Waals surface area contributed by atoms with E-state index >= 15 is 0 Å². The Morgan fingerprint density at radius 1 is 1.48 bits per heavy atom. The number of hydrogen-bond acceptors (Lipinski definition) is 4. The number of amides is 2. The minimum atomic E-state index is -0.0776. The van der Waals surface area contributed by atoms with Crippen molar-refractivity contribution >= 4 is 23.1 Å². The van der Waals surface area contributed by atoms with Crippen molar-refractivity contribution in [1.29, 1.82) is 0 Å². The molecule has 0 fully saturated rings. The fourth-order valence-electron chi connectivity index (χ4n) is 2.73. The molecule has 2 amide bonds. The van der Waals surface area contributed by atoms with Gasteiger partial charge in [-0.05, 0) is 36.8 Å². The molecule has 0 saturated heterocycles. The number of nitrogens with one attached hydrogen (secondary N) is 1. The van der Waals surface area contributed by atoms with Crippen molar-refractivity contribution in [1.82, 2.24) is 14.9 Å². The quantitative estimate of drug-likeness (QED) is 0.925. The Kier molecular flexibility index (Phi) is 3.88. The Morgan fingerprint density at radius 3 is 2.95 bits per heavy atom. The van der Waals surface area contributed by atoms with E-state index in [0.717, 1.165) is 19.4 Å². The first kappa shape index (κ1) is 14.0. The highest BCUT2D eigenvalue weighted by atomic mass is 32.1. The van der Waals surface area contributed by atoms with E-state index in [1.165, 1.54) is 10.4 Å². The van der Waals surface area contributed by atoms with E-state index in [9.17, 15) is 4.79 Å². The third-order valence-corrected chi connectivity index (χ3v) is 4.77. The van der Waals surface area contributed by atoms with Gasteiger partial charge in [0.25, 0.3) is 0 Å². The van der Waals surface area contributed by atoms with Gasteiger partial charge in [-0.15, -0.1) is 11.3 Å². The van der Waals surface area contributed by atoms with Crippen LogP contribution in [0.25, 0.3) is 0 Å². The van der Waals surface area contributed by atoms with Crippen LogP contribution in [0.1, 0.15) is 35.7 Å². The summed E-state index contributed by atoms with van der Waals surface area (Å²) in [5.41, 5.74) is 1.93. The second-order valence-electron chi connectivity index (χ2n) is 5.12. The van der Waals surface area contributed by atoms with Crippen molar-refractivity contribution < 1.29 is 4.79 Å². The summed E-state index contributed by atoms with van der Waals surface area (Å²) in [6.45, 7) is 4.69. The maximum Gasteiger partial charge on any atom is 0.322 e. The highest BCUT2D eigenvalue weighted by Crippen LogP contribution is 2.35. The van der Waals surface area contributed by atoms with Crippen molar-refractivity contribution in [2.24, 2.45) is 0 Å². The zero-order chi connectivity index (χ0) is 14.8. The van der Waals surface area contributed by atoms with Crippen LogP contribution in [0.2, 0.25) is 0 Å². The molecular formula is C15H18N4OS. The Labute approximate surface area is 128 Å². The van der Waals surface area contributed by atoms with Crippen LogP contribution in [-0.4, -0.2) is 27.4 Å². The van der Waals surface area contributed by atoms with Gasteiger partial charge < -0.3 is 10.2 Å². The number of carbonyl (C=O) groups excluding carboxylic acids is 1. The largest absolute Gasteiger partial charge is 0.322 e. The topological polar surface area (TPSA) is 58.1 Å². The van der Waals surface area contributed by atoms with E-state index in [-0.39, 0.29) is 12.1 Å². The van der Waals surface area contributed by atoms with Crippen LogP contribution in [0.3, 0.4) is 0 Å². The van der Waals surface area contributed by atoms with Gasteiger partial charge in [0.05, 0.1) is 24.1 Å². The molecule has 6 heteroatoms. The van der Waals surface area contributed by atoms with E-state index in [2.05, 4.69) is 33.7 Å². The number of nitrogens with zero attached hydrogens (tertiary/aromatic N) is 3. The van der Waals surface area contributed by atoms with Crippen LogP contribution in [-0.2, 0) is 6.42 Å². The average molecular weight is 302 g/mol. The van der Waals surface area contributed by atoms with Crippen molar-refractivity contribution in [3.63, 3.8) is 0 Å². The van der Waals surface area contributed by atoms with Crippen LogP contribution in [0, 0.1) is 6.92 Å². The Morgan fingerprint density at radius 2 is 2.24 bits per heavy atom. The number of carbonyl (C=O) groups is 1. The number of aryl methyl sites for hydroxylation is 1. The molecule has 0 radical (unpaired) electrons. The minimum Gasteiger partial charge on any atom is -0.317 e. The Bertz CT molecular complexity index is 637. The lowest BCUT2D eigenvalue weighted by atomic mass is 9.98. The summed E-state index contributed by atoms with van der Waals surface area (Å²) in [5, 5.41) is 5.01. The molecule has 1 N–H and O–H groups in total. The average Bonchev–Trinajstić information content (AvgIpc) is 2.97. The van der Waals surface area contributed by atoms with Gasteiger partial charge in [0.1, 0.15) is 5.82 Å². The molecule has 1 aliphatic rings. The van der Waals surface area contributed by atoms with Gasteiger partial charge in [0.2, 0.25) is 0 Å². The zero-order valence-electron chi connectivity index (χ0n) is 12.2. The molecule has 3 heterocycles. The molecule has 5 nitrogen and oxygen atoms in total. The standard InChI is InChI=1S/C15H18N4OS/c1-3-13-12-5-7-21-14(12)4-6-19(13)15(20)18-11-8-16-10(2)17-9-11/h5,7-9,13H,3-4,6H2,1-2H3,(H,18,20). The SMILES string of the molecule is CCC1c2ccsc2CCN1C(=O)Nc1cnc(C)nc1. The van der Waals surface area contributed by atoms with Gasteiger partial charge in [0.15, 0.2) is 0 Å². The molecule has 0 bridgehead atoms. The lowest BCUT2D eigenvalue weighted by molar-refractivity contribution is 0.181. The number of rotatable bonds is 2. The molecule has 0 spiro atoms. The summed E-state index contributed by atoms with van der Waals surface area (Å²) < 4.78 is 0. The van der Waals surface area contributed by atoms with Crippen LogP contribution < -0.4 is 5.32 Å². The maximum atomic E-state index is 12.5. The number of anilines is 1. The molecular weight excluding hydrogens is 284 g/mol. The van der Waals surface area contributed by atoms with Crippen LogP contribution in [0.15, 0.2) is 23.8 Å². The van der Waals surface area contributed by atoms with Gasteiger partial charge in [-0.3, -0.25) is 0 Å². The predicted octanol–water partition coefficient (Wildman–Crippen LogP) is 3.39. The van der Waals surface area contributed by atoms with Crippen molar-refractivity contribution in [2.75, 3.05) is 11.9 Å². The van der Waals surface area contributed by atoms with Gasteiger partial charge >= 0.3 is 6.03 Å². The molecule has 21 heavy (non-hydrogen) atoms. The van der Waals surface area contributed by atoms with Crippen LogP contribution in [0.4, 0.5) is 10.5 Å². The molecule has 2 aromatic rings. The van der Waals surface area contributed by atoms with E-state index in [1.54, 1.807) is 23.7 Å². The Balaban J connectivity index is 1.77. The lowest BCUT2D eigenvalue weighted by Gasteiger charge is -2.35. The van der Waals surface area contributed by atoms with Crippen LogP contribution in [0.5, 0.6) is 0 Å². The summed E-state index contributed by atoms with van der Waals surface area (Å²) in [6, 6.07) is 2.22. The third-order valence-electron chi connectivity index (χ3n) is 3.77. The smallest absolute Gasteiger partial charge is 0.317 e. The minimum absolute atomic E-state index is 0.0776. The lowest BCUT2D eigenvalue weighted by Crippen LogP contribution is -2.41. The first-order valence-electron chi connectivity index (χ1n) is 7.11. The highest BCUT2D eigenvalue weighted by Gasteiger charge is 2.30. The summed E-state index contributed by atoms with van der Waals surface area (Å²) in [4.78, 5) is 24.0. The summed E-state index contributed by atoms with van der Waals surface area (Å²) in [5.74, 6) is 0.695. The van der Waals surface area contributed by atoms with Gasteiger partial charge in [-0.1, -0.05) is 6.92 Å². The molecule has 1 aliphatic heterocycles. The predicted molar refractivity (Wildman–Crippen MR) is 83.5 cm³/mol. The first-order chi connectivity index (χ1) is 10.2. The molecule has 1 atom stereocenters. The number of urea groups is 1. The fraction of sp³-hybridized carbons (Fsp3) is 0.400. The summed E-state index contributed by atoms with van der Waals surface area (Å²) >= 11 is 1.79. The van der Waals surface area contributed by atoms with Crippen molar-refractivity contribution in [3.05, 3.63) is 40.1 Å². The highest BCUT2D eigenvalue weighted by molar-refractivity contribution is 7.10. The number of aromatic nitrogens is 2. The molecule has 110 valence electrons. The molecule has 0 aromatic carbocycles. The molecule has 0 saturated carbocycles. The second-order valence-corrected chi connectivity index (χ2v) is 6.12. The number of thiophene rings is 1. The molecule has 1 unspecified atom stereocenters. The molecule has 3 rings (SSSR count). The third kappa shape index (κ3) is 2.76. The number of hydrogen-bond donors (Lipinski definition) is 1. The summed E-state index contributed by atoms with van der Waals surface area (Å²) in [6.07, 6.45) is 5.13. The Hall–Kier alpha value is -1.95. The van der Waals surface area contributed by atoms with E-state index in [1.807, 2.05) is 11.8 Å². The molecule has 2 aromatic heterocycles. The van der Waals surface area contributed by atoms with Crippen LogP contribution >= 0.6 is 11.3 Å². The first-order valence-corrected chi connectivity index (χ1v) is 7.99. The van der Waals surface area contributed by atoms with Gasteiger partial charge in [0, 0.05) is 11.4 Å². The van der Waals surface area contributed by atoms with E-state index in [0.29, 0.717) is 11.5 Å². The zero-order valence-corrected chi connectivity index (χ0v) is 13.0. The van der Waals surface area contributed by atoms with Crippen molar-refractivity contribution in [3.8, 4) is 0 Å². The van der Waals surface area contributed by atoms with Gasteiger partial charge in [-0.2, -0.15) is 0 Å².